The molecule has 1 aromatic heterocycles. The van der Waals surface area contributed by atoms with Crippen LogP contribution in [0.1, 0.15) is 23.5 Å². The molecule has 112 valence electrons. The second-order valence-electron chi connectivity index (χ2n) is 5.35. The lowest BCUT2D eigenvalue weighted by molar-refractivity contribution is -0.0584. The standard InChI is InChI=1S/C15H15Cl2NO2S/c1-8-6-18(7-9(2)20-8)15(19)14-13(17)11-4-3-10(16)5-12(11)21-14/h3-5,8-9H,6-7H2,1-2H3/t8-,9-/m0/s1. The van der Waals surface area contributed by atoms with E-state index in [-0.39, 0.29) is 18.1 Å². The Morgan fingerprint density at radius 1 is 1.29 bits per heavy atom. The Hall–Kier alpha value is -0.810. The smallest absolute Gasteiger partial charge is 0.265 e. The van der Waals surface area contributed by atoms with Crippen molar-refractivity contribution in [3.05, 3.63) is 33.1 Å². The summed E-state index contributed by atoms with van der Waals surface area (Å²) in [5, 5.41) is 2.04. The zero-order valence-electron chi connectivity index (χ0n) is 11.7. The molecule has 0 aliphatic carbocycles. The summed E-state index contributed by atoms with van der Waals surface area (Å²) in [5.74, 6) is -0.0284. The first-order chi connectivity index (χ1) is 9.95. The molecule has 21 heavy (non-hydrogen) atoms. The number of carbonyl (C=O) groups is 1. The molecule has 3 nitrogen and oxygen atoms in total. The van der Waals surface area contributed by atoms with Crippen molar-refractivity contribution in [1.82, 2.24) is 4.90 Å². The Bertz CT molecular complexity index is 690. The molecule has 1 aliphatic rings. The van der Waals surface area contributed by atoms with E-state index in [2.05, 4.69) is 0 Å². The van der Waals surface area contributed by atoms with Crippen molar-refractivity contribution >= 4 is 50.5 Å². The van der Waals surface area contributed by atoms with Crippen molar-refractivity contribution in [3.8, 4) is 0 Å². The third kappa shape index (κ3) is 2.90. The van der Waals surface area contributed by atoms with Gasteiger partial charge in [-0.25, -0.2) is 0 Å². The van der Waals surface area contributed by atoms with E-state index in [1.807, 2.05) is 30.9 Å². The Kier molecular flexibility index (Phi) is 4.14. The lowest BCUT2D eigenvalue weighted by Crippen LogP contribution is -2.48. The fourth-order valence-electron chi connectivity index (χ4n) is 2.66. The maximum absolute atomic E-state index is 12.7. The zero-order chi connectivity index (χ0) is 15.1. The molecule has 0 N–H and O–H groups in total. The number of thiophene rings is 1. The average molecular weight is 344 g/mol. The predicted octanol–water partition coefficient (Wildman–Crippen LogP) is 4.46. The summed E-state index contributed by atoms with van der Waals surface area (Å²) < 4.78 is 6.60. The van der Waals surface area contributed by atoms with E-state index >= 15 is 0 Å². The van der Waals surface area contributed by atoms with Gasteiger partial charge in [0.1, 0.15) is 4.88 Å². The maximum atomic E-state index is 12.7. The van der Waals surface area contributed by atoms with Gasteiger partial charge in [0.05, 0.1) is 17.2 Å². The minimum absolute atomic E-state index is 0.0284. The monoisotopic (exact) mass is 343 g/mol. The second kappa shape index (κ2) is 5.76. The Morgan fingerprint density at radius 3 is 2.62 bits per heavy atom. The Morgan fingerprint density at radius 2 is 1.95 bits per heavy atom. The lowest BCUT2D eigenvalue weighted by Gasteiger charge is -2.35. The number of hydrogen-bond donors (Lipinski definition) is 0. The zero-order valence-corrected chi connectivity index (χ0v) is 14.1. The van der Waals surface area contributed by atoms with Crippen molar-refractivity contribution in [2.75, 3.05) is 13.1 Å². The molecule has 0 unspecified atom stereocenters. The third-order valence-electron chi connectivity index (χ3n) is 3.49. The molecule has 2 atom stereocenters. The fraction of sp³-hybridized carbons (Fsp3) is 0.400. The van der Waals surface area contributed by atoms with Crippen molar-refractivity contribution in [2.45, 2.75) is 26.1 Å². The van der Waals surface area contributed by atoms with Crippen molar-refractivity contribution < 1.29 is 9.53 Å². The highest BCUT2D eigenvalue weighted by molar-refractivity contribution is 7.21. The molecule has 1 fully saturated rings. The summed E-state index contributed by atoms with van der Waals surface area (Å²) in [4.78, 5) is 15.1. The minimum atomic E-state index is -0.0284. The quantitative estimate of drug-likeness (QED) is 0.765. The number of morpholine rings is 1. The van der Waals surface area contributed by atoms with Gasteiger partial charge in [-0.3, -0.25) is 4.79 Å². The molecule has 0 bridgehead atoms. The van der Waals surface area contributed by atoms with Gasteiger partial charge in [0.25, 0.3) is 5.91 Å². The molecule has 1 amide bonds. The second-order valence-corrected chi connectivity index (χ2v) is 7.22. The van der Waals surface area contributed by atoms with Crippen LogP contribution in [0.2, 0.25) is 10.0 Å². The number of halogens is 2. The van der Waals surface area contributed by atoms with Gasteiger partial charge in [0, 0.05) is 28.2 Å². The SMILES string of the molecule is C[C@H]1CN(C(=O)c2sc3cc(Cl)ccc3c2Cl)C[C@H](C)O1. The van der Waals surface area contributed by atoms with E-state index in [9.17, 15) is 4.79 Å². The number of benzene rings is 1. The number of fused-ring (bicyclic) bond motifs is 1. The molecule has 0 radical (unpaired) electrons. The van der Waals surface area contributed by atoms with E-state index in [1.54, 1.807) is 6.07 Å². The maximum Gasteiger partial charge on any atom is 0.265 e. The summed E-state index contributed by atoms with van der Waals surface area (Å²) in [6.45, 7) is 5.13. The molecule has 0 saturated carbocycles. The fourth-order valence-corrected chi connectivity index (χ4v) is 4.42. The van der Waals surface area contributed by atoms with Crippen LogP contribution in [0, 0.1) is 0 Å². The van der Waals surface area contributed by atoms with Crippen LogP contribution in [0.25, 0.3) is 10.1 Å². The summed E-state index contributed by atoms with van der Waals surface area (Å²) in [7, 11) is 0. The van der Waals surface area contributed by atoms with Crippen LogP contribution in [0.5, 0.6) is 0 Å². The molecule has 6 heteroatoms. The van der Waals surface area contributed by atoms with Crippen LogP contribution in [0.4, 0.5) is 0 Å². The molecular formula is C15H15Cl2NO2S. The van der Waals surface area contributed by atoms with Gasteiger partial charge < -0.3 is 9.64 Å². The molecule has 2 aromatic rings. The van der Waals surface area contributed by atoms with Crippen molar-refractivity contribution in [3.63, 3.8) is 0 Å². The normalized spacial score (nSPS) is 22.8. The number of carbonyl (C=O) groups excluding carboxylic acids is 1. The number of nitrogens with zero attached hydrogens (tertiary/aromatic N) is 1. The number of rotatable bonds is 1. The van der Waals surface area contributed by atoms with Crippen LogP contribution in [-0.2, 0) is 4.74 Å². The summed E-state index contributed by atoms with van der Waals surface area (Å²) >= 11 is 13.8. The molecule has 2 heterocycles. The van der Waals surface area contributed by atoms with E-state index in [1.165, 1.54) is 11.3 Å². The molecule has 3 rings (SSSR count). The topological polar surface area (TPSA) is 29.5 Å². The highest BCUT2D eigenvalue weighted by atomic mass is 35.5. The van der Waals surface area contributed by atoms with Crippen LogP contribution < -0.4 is 0 Å². The van der Waals surface area contributed by atoms with Gasteiger partial charge in [0.2, 0.25) is 0 Å². The van der Waals surface area contributed by atoms with E-state index in [0.717, 1.165) is 10.1 Å². The first-order valence-corrected chi connectivity index (χ1v) is 8.35. The minimum Gasteiger partial charge on any atom is -0.372 e. The number of hydrogen-bond acceptors (Lipinski definition) is 3. The Labute approximate surface area is 137 Å². The van der Waals surface area contributed by atoms with Crippen molar-refractivity contribution in [2.24, 2.45) is 0 Å². The molecule has 0 spiro atoms. The first-order valence-electron chi connectivity index (χ1n) is 6.78. The van der Waals surface area contributed by atoms with Crippen LogP contribution in [-0.4, -0.2) is 36.1 Å². The first kappa shape index (κ1) is 15.1. The van der Waals surface area contributed by atoms with Gasteiger partial charge in [-0.05, 0) is 26.0 Å². The van der Waals surface area contributed by atoms with Gasteiger partial charge in [-0.1, -0.05) is 29.3 Å². The van der Waals surface area contributed by atoms with E-state index in [4.69, 9.17) is 27.9 Å². The van der Waals surface area contributed by atoms with Crippen LogP contribution >= 0.6 is 34.5 Å². The highest BCUT2D eigenvalue weighted by Crippen LogP contribution is 2.37. The van der Waals surface area contributed by atoms with Gasteiger partial charge in [-0.2, -0.15) is 0 Å². The molecule has 1 aromatic carbocycles. The summed E-state index contributed by atoms with van der Waals surface area (Å²) in [5.41, 5.74) is 0. The van der Waals surface area contributed by atoms with Crippen molar-refractivity contribution in [1.29, 1.82) is 0 Å². The summed E-state index contributed by atoms with van der Waals surface area (Å²) in [6.07, 6.45) is 0.0839. The average Bonchev–Trinajstić information content (AvgIpc) is 2.73. The highest BCUT2D eigenvalue weighted by Gasteiger charge is 2.29. The molecular weight excluding hydrogens is 329 g/mol. The predicted molar refractivity (Wildman–Crippen MR) is 87.8 cm³/mol. The van der Waals surface area contributed by atoms with E-state index in [0.29, 0.717) is 28.0 Å². The molecule has 1 aliphatic heterocycles. The molecule has 1 saturated heterocycles. The number of amides is 1. The van der Waals surface area contributed by atoms with Crippen LogP contribution in [0.3, 0.4) is 0 Å². The Balaban J connectivity index is 1.96. The van der Waals surface area contributed by atoms with Gasteiger partial charge in [0.15, 0.2) is 0 Å². The lowest BCUT2D eigenvalue weighted by atomic mass is 10.2. The van der Waals surface area contributed by atoms with Gasteiger partial charge >= 0.3 is 0 Å². The summed E-state index contributed by atoms with van der Waals surface area (Å²) in [6, 6.07) is 5.49. The third-order valence-corrected chi connectivity index (χ3v) is 5.37. The van der Waals surface area contributed by atoms with Crippen LogP contribution in [0.15, 0.2) is 18.2 Å². The largest absolute Gasteiger partial charge is 0.372 e. The van der Waals surface area contributed by atoms with E-state index < -0.39 is 0 Å². The number of ether oxygens (including phenoxy) is 1. The van der Waals surface area contributed by atoms with Gasteiger partial charge in [-0.15, -0.1) is 11.3 Å².